The molecule has 0 radical (unpaired) electrons. The van der Waals surface area contributed by atoms with E-state index in [9.17, 15) is 4.79 Å². The summed E-state index contributed by atoms with van der Waals surface area (Å²) < 4.78 is 0. The number of nitrogens with zero attached hydrogens (tertiary/aromatic N) is 1. The van der Waals surface area contributed by atoms with Gasteiger partial charge in [0.15, 0.2) is 0 Å². The van der Waals surface area contributed by atoms with Gasteiger partial charge in [-0.25, -0.2) is 0 Å². The van der Waals surface area contributed by atoms with Crippen LogP contribution in [0.15, 0.2) is 18.2 Å². The highest BCUT2D eigenvalue weighted by molar-refractivity contribution is 5.95. The molecule has 1 aromatic rings. The van der Waals surface area contributed by atoms with Crippen LogP contribution in [-0.4, -0.2) is 30.4 Å². The van der Waals surface area contributed by atoms with Gasteiger partial charge in [-0.1, -0.05) is 19.9 Å². The van der Waals surface area contributed by atoms with Gasteiger partial charge in [-0.2, -0.15) is 0 Å². The van der Waals surface area contributed by atoms with E-state index in [2.05, 4.69) is 31.0 Å². The zero-order valence-electron chi connectivity index (χ0n) is 13.2. The quantitative estimate of drug-likeness (QED) is 0.786. The van der Waals surface area contributed by atoms with Crippen LogP contribution < -0.4 is 11.1 Å². The number of nitrogen functional groups attached to an aromatic ring is 1. The van der Waals surface area contributed by atoms with E-state index in [1.807, 2.05) is 32.2 Å². The predicted octanol–water partition coefficient (Wildman–Crippen LogP) is 2.88. The van der Waals surface area contributed by atoms with E-state index < -0.39 is 0 Å². The van der Waals surface area contributed by atoms with Crippen LogP contribution in [0.25, 0.3) is 0 Å². The van der Waals surface area contributed by atoms with Crippen molar-refractivity contribution in [3.8, 4) is 0 Å². The molecule has 4 nitrogen and oxygen atoms in total. The van der Waals surface area contributed by atoms with Crippen LogP contribution in [0.2, 0.25) is 0 Å². The first-order chi connectivity index (χ1) is 9.29. The summed E-state index contributed by atoms with van der Waals surface area (Å²) in [5.41, 5.74) is 8.28. The summed E-state index contributed by atoms with van der Waals surface area (Å²) in [7, 11) is 1.98. The zero-order chi connectivity index (χ0) is 15.3. The highest BCUT2D eigenvalue weighted by Crippen LogP contribution is 2.19. The summed E-state index contributed by atoms with van der Waals surface area (Å²) in [5, 5.41) is 2.87. The lowest BCUT2D eigenvalue weighted by Crippen LogP contribution is -2.37. The van der Waals surface area contributed by atoms with Crippen molar-refractivity contribution >= 4 is 17.3 Å². The number of hydrogen-bond acceptors (Lipinski definition) is 3. The van der Waals surface area contributed by atoms with Crippen LogP contribution in [-0.2, 0) is 4.79 Å². The number of hydrogen-bond donors (Lipinski definition) is 2. The van der Waals surface area contributed by atoms with Gasteiger partial charge in [0, 0.05) is 6.04 Å². The number of anilines is 2. The van der Waals surface area contributed by atoms with Crippen molar-refractivity contribution in [3.63, 3.8) is 0 Å². The number of aryl methyl sites for hydroxylation is 1. The van der Waals surface area contributed by atoms with Gasteiger partial charge in [0.2, 0.25) is 5.91 Å². The fourth-order valence-corrected chi connectivity index (χ4v) is 2.23. The normalized spacial score (nSPS) is 12.8. The van der Waals surface area contributed by atoms with Gasteiger partial charge >= 0.3 is 0 Å². The Morgan fingerprint density at radius 3 is 2.55 bits per heavy atom. The second-order valence-electron chi connectivity index (χ2n) is 6.03. The molecule has 0 heterocycles. The molecule has 20 heavy (non-hydrogen) atoms. The van der Waals surface area contributed by atoms with E-state index in [1.54, 1.807) is 0 Å². The standard InChI is InChI=1S/C16H27N3O/c1-11(2)8-13(4)19(5)10-16(20)18-15-7-6-12(3)9-14(15)17/h6-7,9,11,13H,8,10,17H2,1-5H3,(H,18,20). The first-order valence-corrected chi connectivity index (χ1v) is 7.15. The molecular weight excluding hydrogens is 250 g/mol. The third kappa shape index (κ3) is 5.21. The van der Waals surface area contributed by atoms with E-state index in [1.165, 1.54) is 0 Å². The molecule has 1 unspecified atom stereocenters. The molecule has 1 amide bonds. The average molecular weight is 277 g/mol. The molecule has 0 saturated carbocycles. The molecule has 112 valence electrons. The maximum absolute atomic E-state index is 12.0. The second kappa shape index (κ2) is 7.29. The van der Waals surface area contributed by atoms with Crippen molar-refractivity contribution in [2.45, 2.75) is 40.2 Å². The first-order valence-electron chi connectivity index (χ1n) is 7.15. The Bertz CT molecular complexity index is 457. The number of likely N-dealkylation sites (N-methyl/N-ethyl adjacent to an activating group) is 1. The maximum Gasteiger partial charge on any atom is 0.238 e. The van der Waals surface area contributed by atoms with Gasteiger partial charge in [-0.15, -0.1) is 0 Å². The van der Waals surface area contributed by atoms with Crippen LogP contribution in [0.4, 0.5) is 11.4 Å². The molecule has 0 bridgehead atoms. The Balaban J connectivity index is 2.55. The highest BCUT2D eigenvalue weighted by atomic mass is 16.2. The van der Waals surface area contributed by atoms with Gasteiger partial charge in [-0.05, 0) is 50.9 Å². The average Bonchev–Trinajstić information content (AvgIpc) is 2.31. The minimum absolute atomic E-state index is 0.0290. The summed E-state index contributed by atoms with van der Waals surface area (Å²) in [6.45, 7) is 8.88. The Kier molecular flexibility index (Phi) is 6.02. The largest absolute Gasteiger partial charge is 0.397 e. The van der Waals surface area contributed by atoms with Crippen molar-refractivity contribution in [2.24, 2.45) is 5.92 Å². The number of amides is 1. The number of nitrogens with two attached hydrogens (primary N) is 1. The van der Waals surface area contributed by atoms with Crippen molar-refractivity contribution in [2.75, 3.05) is 24.6 Å². The number of benzene rings is 1. The fraction of sp³-hybridized carbons (Fsp3) is 0.562. The smallest absolute Gasteiger partial charge is 0.238 e. The molecule has 1 rings (SSSR count). The van der Waals surface area contributed by atoms with Crippen molar-refractivity contribution < 1.29 is 4.79 Å². The van der Waals surface area contributed by atoms with Crippen molar-refractivity contribution in [1.29, 1.82) is 0 Å². The van der Waals surface area contributed by atoms with Crippen LogP contribution in [0.3, 0.4) is 0 Å². The van der Waals surface area contributed by atoms with Gasteiger partial charge in [-0.3, -0.25) is 9.69 Å². The topological polar surface area (TPSA) is 58.4 Å². The lowest BCUT2D eigenvalue weighted by molar-refractivity contribution is -0.117. The number of rotatable bonds is 6. The van der Waals surface area contributed by atoms with Gasteiger partial charge in [0.05, 0.1) is 17.9 Å². The fourth-order valence-electron chi connectivity index (χ4n) is 2.23. The van der Waals surface area contributed by atoms with E-state index >= 15 is 0 Å². The highest BCUT2D eigenvalue weighted by Gasteiger charge is 2.14. The predicted molar refractivity (Wildman–Crippen MR) is 85.8 cm³/mol. The molecule has 0 aliphatic carbocycles. The van der Waals surface area contributed by atoms with E-state index in [-0.39, 0.29) is 5.91 Å². The number of carbonyl (C=O) groups excluding carboxylic acids is 1. The lowest BCUT2D eigenvalue weighted by atomic mass is 10.0. The van der Waals surface area contributed by atoms with Crippen LogP contribution >= 0.6 is 0 Å². The Morgan fingerprint density at radius 2 is 2.00 bits per heavy atom. The van der Waals surface area contributed by atoms with Crippen LogP contribution in [0.1, 0.15) is 32.8 Å². The van der Waals surface area contributed by atoms with Crippen molar-refractivity contribution in [3.05, 3.63) is 23.8 Å². The second-order valence-corrected chi connectivity index (χ2v) is 6.03. The molecule has 0 aromatic heterocycles. The molecule has 0 aliphatic rings. The minimum Gasteiger partial charge on any atom is -0.397 e. The monoisotopic (exact) mass is 277 g/mol. The molecule has 0 aliphatic heterocycles. The van der Waals surface area contributed by atoms with E-state index in [0.29, 0.717) is 29.9 Å². The Labute approximate surface area is 122 Å². The summed E-state index contributed by atoms with van der Waals surface area (Å²) in [5.74, 6) is 0.599. The van der Waals surface area contributed by atoms with E-state index in [4.69, 9.17) is 5.73 Å². The molecule has 0 saturated heterocycles. The molecule has 0 spiro atoms. The van der Waals surface area contributed by atoms with Crippen LogP contribution in [0.5, 0.6) is 0 Å². The van der Waals surface area contributed by atoms with Gasteiger partial charge < -0.3 is 11.1 Å². The molecular formula is C16H27N3O. The van der Waals surface area contributed by atoms with Gasteiger partial charge in [0.25, 0.3) is 0 Å². The molecule has 1 aromatic carbocycles. The zero-order valence-corrected chi connectivity index (χ0v) is 13.2. The van der Waals surface area contributed by atoms with E-state index in [0.717, 1.165) is 12.0 Å². The summed E-state index contributed by atoms with van der Waals surface area (Å²) in [6, 6.07) is 6.04. The van der Waals surface area contributed by atoms with Crippen molar-refractivity contribution in [1.82, 2.24) is 4.90 Å². The third-order valence-corrected chi connectivity index (χ3v) is 3.44. The Morgan fingerprint density at radius 1 is 1.35 bits per heavy atom. The summed E-state index contributed by atoms with van der Waals surface area (Å²) in [4.78, 5) is 14.1. The summed E-state index contributed by atoms with van der Waals surface area (Å²) in [6.07, 6.45) is 1.08. The maximum atomic E-state index is 12.0. The first kappa shape index (κ1) is 16.5. The molecule has 4 heteroatoms. The number of nitrogens with one attached hydrogen (secondary N) is 1. The summed E-state index contributed by atoms with van der Waals surface area (Å²) >= 11 is 0. The SMILES string of the molecule is Cc1ccc(NC(=O)CN(C)C(C)CC(C)C)c(N)c1. The minimum atomic E-state index is -0.0290. The number of carbonyl (C=O) groups is 1. The Hall–Kier alpha value is -1.55. The molecule has 0 fully saturated rings. The molecule has 3 N–H and O–H groups in total. The van der Waals surface area contributed by atoms with Crippen LogP contribution in [0, 0.1) is 12.8 Å². The lowest BCUT2D eigenvalue weighted by Gasteiger charge is -2.25. The molecule has 1 atom stereocenters. The third-order valence-electron chi connectivity index (χ3n) is 3.44. The van der Waals surface area contributed by atoms with Gasteiger partial charge in [0.1, 0.15) is 0 Å².